The lowest BCUT2D eigenvalue weighted by molar-refractivity contribution is 0.356. The van der Waals surface area contributed by atoms with Crippen LogP contribution in [0.1, 0.15) is 19.3 Å². The van der Waals surface area contributed by atoms with Gasteiger partial charge in [0.1, 0.15) is 5.82 Å². The number of piperidine rings is 1. The second-order valence-electron chi connectivity index (χ2n) is 5.18. The van der Waals surface area contributed by atoms with Crippen molar-refractivity contribution < 1.29 is 9.47 Å². The SMILES string of the molecule is COc1cc2nc(N)nc(N3CCCCC3)c2cc1OC. The molecule has 2 heterocycles. The van der Waals surface area contributed by atoms with Gasteiger partial charge in [-0.15, -0.1) is 0 Å². The van der Waals surface area contributed by atoms with Gasteiger partial charge in [0.05, 0.1) is 19.7 Å². The maximum Gasteiger partial charge on any atom is 0.222 e. The molecule has 21 heavy (non-hydrogen) atoms. The number of methoxy groups -OCH3 is 2. The van der Waals surface area contributed by atoms with E-state index in [0.717, 1.165) is 29.8 Å². The lowest BCUT2D eigenvalue weighted by atomic mass is 10.1. The van der Waals surface area contributed by atoms with E-state index in [2.05, 4.69) is 14.9 Å². The predicted molar refractivity (Wildman–Crippen MR) is 83.1 cm³/mol. The van der Waals surface area contributed by atoms with Crippen LogP contribution in [0.4, 0.5) is 11.8 Å². The van der Waals surface area contributed by atoms with Gasteiger partial charge in [-0.1, -0.05) is 0 Å². The number of rotatable bonds is 3. The standard InChI is InChI=1S/C15H20N4O2/c1-20-12-8-10-11(9-13(12)21-2)17-15(16)18-14(10)19-6-4-3-5-7-19/h8-9H,3-7H2,1-2H3,(H2,16,17,18). The summed E-state index contributed by atoms with van der Waals surface area (Å²) in [5.41, 5.74) is 6.65. The van der Waals surface area contributed by atoms with Gasteiger partial charge in [-0.2, -0.15) is 4.98 Å². The van der Waals surface area contributed by atoms with E-state index in [9.17, 15) is 0 Å². The molecule has 112 valence electrons. The number of fused-ring (bicyclic) bond motifs is 1. The minimum atomic E-state index is 0.287. The van der Waals surface area contributed by atoms with Crippen molar-refractivity contribution in [2.75, 3.05) is 37.9 Å². The fourth-order valence-corrected chi connectivity index (χ4v) is 2.80. The zero-order chi connectivity index (χ0) is 14.8. The fraction of sp³-hybridized carbons (Fsp3) is 0.467. The smallest absolute Gasteiger partial charge is 0.222 e. The molecule has 1 aromatic heterocycles. The molecule has 0 bridgehead atoms. The van der Waals surface area contributed by atoms with Gasteiger partial charge in [0.2, 0.25) is 5.95 Å². The fourth-order valence-electron chi connectivity index (χ4n) is 2.80. The molecule has 0 amide bonds. The highest BCUT2D eigenvalue weighted by atomic mass is 16.5. The highest BCUT2D eigenvalue weighted by Gasteiger charge is 2.18. The number of nitrogen functional groups attached to an aromatic ring is 1. The average Bonchev–Trinajstić information content (AvgIpc) is 2.53. The number of anilines is 2. The van der Waals surface area contributed by atoms with Gasteiger partial charge in [-0.05, 0) is 25.3 Å². The van der Waals surface area contributed by atoms with Crippen LogP contribution >= 0.6 is 0 Å². The van der Waals surface area contributed by atoms with Gasteiger partial charge in [0, 0.05) is 24.5 Å². The Balaban J connectivity index is 2.18. The largest absolute Gasteiger partial charge is 0.493 e. The second kappa shape index (κ2) is 5.63. The van der Waals surface area contributed by atoms with Gasteiger partial charge >= 0.3 is 0 Å². The Bertz CT molecular complexity index is 654. The molecule has 0 spiro atoms. The summed E-state index contributed by atoms with van der Waals surface area (Å²) >= 11 is 0. The maximum atomic E-state index is 5.87. The molecule has 1 aliphatic rings. The van der Waals surface area contributed by atoms with E-state index >= 15 is 0 Å². The highest BCUT2D eigenvalue weighted by molar-refractivity contribution is 5.93. The van der Waals surface area contributed by atoms with E-state index in [-0.39, 0.29) is 5.95 Å². The summed E-state index contributed by atoms with van der Waals surface area (Å²) < 4.78 is 10.7. The van der Waals surface area contributed by atoms with E-state index in [4.69, 9.17) is 15.2 Å². The maximum absolute atomic E-state index is 5.87. The molecule has 2 aromatic rings. The number of aromatic nitrogens is 2. The summed E-state index contributed by atoms with van der Waals surface area (Å²) in [6.45, 7) is 2.00. The van der Waals surface area contributed by atoms with E-state index in [1.165, 1.54) is 19.3 Å². The van der Waals surface area contributed by atoms with Crippen LogP contribution in [0.15, 0.2) is 12.1 Å². The van der Waals surface area contributed by atoms with Crippen LogP contribution in [0, 0.1) is 0 Å². The number of ether oxygens (including phenoxy) is 2. The Morgan fingerprint density at radius 1 is 1.00 bits per heavy atom. The molecule has 6 heteroatoms. The Hall–Kier alpha value is -2.24. The van der Waals surface area contributed by atoms with Gasteiger partial charge in [0.15, 0.2) is 11.5 Å². The number of benzene rings is 1. The Labute approximate surface area is 123 Å². The summed E-state index contributed by atoms with van der Waals surface area (Å²) in [4.78, 5) is 11.0. The summed E-state index contributed by atoms with van der Waals surface area (Å²) in [7, 11) is 3.24. The molecule has 0 saturated carbocycles. The average molecular weight is 288 g/mol. The summed E-state index contributed by atoms with van der Waals surface area (Å²) in [6.07, 6.45) is 3.63. The van der Waals surface area contributed by atoms with Gasteiger partial charge in [-0.3, -0.25) is 0 Å². The number of hydrogen-bond acceptors (Lipinski definition) is 6. The van der Waals surface area contributed by atoms with Crippen molar-refractivity contribution in [3.63, 3.8) is 0 Å². The van der Waals surface area contributed by atoms with Crippen LogP contribution in [0.3, 0.4) is 0 Å². The van der Waals surface area contributed by atoms with Crippen molar-refractivity contribution in [2.24, 2.45) is 0 Å². The number of nitrogens with two attached hydrogens (primary N) is 1. The molecule has 0 radical (unpaired) electrons. The third-order valence-electron chi connectivity index (χ3n) is 3.85. The van der Waals surface area contributed by atoms with Crippen molar-refractivity contribution >= 4 is 22.7 Å². The monoisotopic (exact) mass is 288 g/mol. The first-order valence-corrected chi connectivity index (χ1v) is 7.17. The van der Waals surface area contributed by atoms with E-state index in [0.29, 0.717) is 11.5 Å². The minimum Gasteiger partial charge on any atom is -0.493 e. The number of nitrogens with zero attached hydrogens (tertiary/aromatic N) is 3. The van der Waals surface area contributed by atoms with Gasteiger partial charge in [0.25, 0.3) is 0 Å². The van der Waals surface area contributed by atoms with Crippen LogP contribution in [0.25, 0.3) is 10.9 Å². The zero-order valence-electron chi connectivity index (χ0n) is 12.4. The van der Waals surface area contributed by atoms with E-state index in [1.807, 2.05) is 12.1 Å². The zero-order valence-corrected chi connectivity index (χ0v) is 12.4. The molecule has 1 fully saturated rings. The van der Waals surface area contributed by atoms with Crippen LogP contribution in [0.2, 0.25) is 0 Å². The first kappa shape index (κ1) is 13.7. The lowest BCUT2D eigenvalue weighted by Gasteiger charge is -2.28. The molecule has 1 aliphatic heterocycles. The molecule has 0 unspecified atom stereocenters. The quantitative estimate of drug-likeness (QED) is 0.933. The topological polar surface area (TPSA) is 73.5 Å². The normalized spacial score (nSPS) is 15.2. The first-order valence-electron chi connectivity index (χ1n) is 7.17. The van der Waals surface area contributed by atoms with Gasteiger partial charge in [-0.25, -0.2) is 4.98 Å². The summed E-state index contributed by atoms with van der Waals surface area (Å²) in [6, 6.07) is 3.77. The van der Waals surface area contributed by atoms with Crippen LogP contribution in [-0.4, -0.2) is 37.3 Å². The molecule has 0 atom stereocenters. The minimum absolute atomic E-state index is 0.287. The van der Waals surface area contributed by atoms with E-state index in [1.54, 1.807) is 14.2 Å². The second-order valence-corrected chi connectivity index (χ2v) is 5.18. The van der Waals surface area contributed by atoms with Gasteiger partial charge < -0.3 is 20.1 Å². The van der Waals surface area contributed by atoms with Crippen molar-refractivity contribution in [3.8, 4) is 11.5 Å². The molecular formula is C15H20N4O2. The molecular weight excluding hydrogens is 268 g/mol. The van der Waals surface area contributed by atoms with Crippen LogP contribution in [-0.2, 0) is 0 Å². The molecule has 1 aromatic carbocycles. The van der Waals surface area contributed by atoms with Crippen LogP contribution < -0.4 is 20.1 Å². The number of hydrogen-bond donors (Lipinski definition) is 1. The molecule has 2 N–H and O–H groups in total. The molecule has 6 nitrogen and oxygen atoms in total. The first-order chi connectivity index (χ1) is 10.2. The Morgan fingerprint density at radius 2 is 1.67 bits per heavy atom. The molecule has 0 aliphatic carbocycles. The third kappa shape index (κ3) is 2.53. The van der Waals surface area contributed by atoms with Crippen molar-refractivity contribution in [1.82, 2.24) is 9.97 Å². The third-order valence-corrected chi connectivity index (χ3v) is 3.85. The summed E-state index contributed by atoms with van der Waals surface area (Å²) in [5, 5.41) is 0.948. The predicted octanol–water partition coefficient (Wildman–Crippen LogP) is 2.22. The van der Waals surface area contributed by atoms with Crippen LogP contribution in [0.5, 0.6) is 11.5 Å². The Morgan fingerprint density at radius 3 is 2.33 bits per heavy atom. The van der Waals surface area contributed by atoms with Crippen molar-refractivity contribution in [1.29, 1.82) is 0 Å². The molecule has 1 saturated heterocycles. The molecule has 3 rings (SSSR count). The van der Waals surface area contributed by atoms with E-state index < -0.39 is 0 Å². The summed E-state index contributed by atoms with van der Waals surface area (Å²) in [5.74, 6) is 2.50. The van der Waals surface area contributed by atoms with Crippen molar-refractivity contribution in [2.45, 2.75) is 19.3 Å². The van der Waals surface area contributed by atoms with Crippen molar-refractivity contribution in [3.05, 3.63) is 12.1 Å². The lowest BCUT2D eigenvalue weighted by Crippen LogP contribution is -2.30. The highest BCUT2D eigenvalue weighted by Crippen LogP contribution is 2.36. The Kier molecular flexibility index (Phi) is 3.68.